The van der Waals surface area contributed by atoms with E-state index in [1.165, 1.54) is 6.42 Å². The number of rotatable bonds is 5. The van der Waals surface area contributed by atoms with Crippen LogP contribution in [0.4, 0.5) is 11.4 Å². The van der Waals surface area contributed by atoms with Gasteiger partial charge < -0.3 is 11.1 Å². The van der Waals surface area contributed by atoms with Gasteiger partial charge in [-0.3, -0.25) is 9.52 Å². The zero-order valence-corrected chi connectivity index (χ0v) is 16.3. The molecule has 6 nitrogen and oxygen atoms in total. The summed E-state index contributed by atoms with van der Waals surface area (Å²) < 4.78 is 26.0. The fraction of sp³-hybridized carbons (Fsp3) is 0.632. The summed E-state index contributed by atoms with van der Waals surface area (Å²) >= 11 is 0. The first-order valence-electron chi connectivity index (χ1n) is 9.46. The number of nitrogens with two attached hydrogens (primary N) is 1. The van der Waals surface area contributed by atoms with Gasteiger partial charge in [0.2, 0.25) is 15.9 Å². The Hall–Kier alpha value is -1.60. The minimum absolute atomic E-state index is 0.0173. The number of carbonyl (C=O) groups is 1. The lowest BCUT2D eigenvalue weighted by Gasteiger charge is -2.43. The molecule has 2 aliphatic carbocycles. The van der Waals surface area contributed by atoms with Crippen molar-refractivity contribution in [3.63, 3.8) is 0 Å². The van der Waals surface area contributed by atoms with Gasteiger partial charge in [0.1, 0.15) is 0 Å². The maximum atomic E-state index is 12.7. The highest BCUT2D eigenvalue weighted by Crippen LogP contribution is 2.42. The van der Waals surface area contributed by atoms with Crippen LogP contribution in [0.2, 0.25) is 0 Å². The number of hydrogen-bond acceptors (Lipinski definition) is 4. The van der Waals surface area contributed by atoms with E-state index in [9.17, 15) is 13.2 Å². The number of hydrogen-bond donors (Lipinski definition) is 3. The molecule has 0 aromatic heterocycles. The summed E-state index contributed by atoms with van der Waals surface area (Å²) in [5, 5.41) is 3.00. The van der Waals surface area contributed by atoms with Gasteiger partial charge in [-0.15, -0.1) is 0 Å². The third-order valence-electron chi connectivity index (χ3n) is 5.92. The van der Waals surface area contributed by atoms with Crippen molar-refractivity contribution in [1.82, 2.24) is 0 Å². The molecule has 0 heterocycles. The Kier molecular flexibility index (Phi) is 5.58. The lowest BCUT2D eigenvalue weighted by atomic mass is 9.65. The van der Waals surface area contributed by atoms with Crippen LogP contribution in [0.5, 0.6) is 0 Å². The summed E-state index contributed by atoms with van der Waals surface area (Å²) in [7, 11) is -3.31. The second kappa shape index (κ2) is 7.56. The van der Waals surface area contributed by atoms with E-state index in [0.29, 0.717) is 23.2 Å². The molecule has 1 aromatic rings. The van der Waals surface area contributed by atoms with Gasteiger partial charge in [0.05, 0.1) is 11.4 Å². The standard InChI is InChI=1S/C19H29N3O3S/c1-3-26(24,25)22-17-8-7-16(9-12(17)2)21-19(23)15-10-13-5-4-6-14(11-15)18(13)20/h7-9,13-15,18,22H,3-6,10-11,20H2,1-2H3,(H,21,23). The Morgan fingerprint density at radius 3 is 2.46 bits per heavy atom. The summed E-state index contributed by atoms with van der Waals surface area (Å²) in [5.41, 5.74) is 8.34. The van der Waals surface area contributed by atoms with Gasteiger partial charge >= 0.3 is 0 Å². The molecule has 3 rings (SSSR count). The molecule has 2 bridgehead atoms. The molecular weight excluding hydrogens is 350 g/mol. The topological polar surface area (TPSA) is 101 Å². The Morgan fingerprint density at radius 1 is 1.23 bits per heavy atom. The Morgan fingerprint density at radius 2 is 1.88 bits per heavy atom. The smallest absolute Gasteiger partial charge is 0.232 e. The van der Waals surface area contributed by atoms with E-state index < -0.39 is 10.0 Å². The van der Waals surface area contributed by atoms with Gasteiger partial charge in [-0.2, -0.15) is 0 Å². The number of sulfonamides is 1. The third kappa shape index (κ3) is 4.20. The van der Waals surface area contributed by atoms with Gasteiger partial charge in [0.25, 0.3) is 0 Å². The summed E-state index contributed by atoms with van der Waals surface area (Å²) in [6.07, 6.45) is 5.24. The van der Waals surface area contributed by atoms with Crippen molar-refractivity contribution in [2.45, 2.75) is 52.0 Å². The van der Waals surface area contributed by atoms with Crippen molar-refractivity contribution in [3.8, 4) is 0 Å². The average Bonchev–Trinajstić information content (AvgIpc) is 2.57. The first kappa shape index (κ1) is 19.2. The zero-order chi connectivity index (χ0) is 18.9. The molecule has 7 heteroatoms. The van der Waals surface area contributed by atoms with E-state index >= 15 is 0 Å². The Labute approximate surface area is 156 Å². The molecule has 0 saturated heterocycles. The molecule has 0 radical (unpaired) electrons. The van der Waals surface area contributed by atoms with Gasteiger partial charge in [-0.05, 0) is 75.1 Å². The minimum Gasteiger partial charge on any atom is -0.327 e. The summed E-state index contributed by atoms with van der Waals surface area (Å²) in [5.74, 6) is 1.02. The predicted molar refractivity (Wildman–Crippen MR) is 104 cm³/mol. The predicted octanol–water partition coefficient (Wildman–Crippen LogP) is 2.85. The molecule has 1 aromatic carbocycles. The molecule has 2 unspecified atom stereocenters. The SMILES string of the molecule is CCS(=O)(=O)Nc1ccc(NC(=O)C2CC3CCCC(C2)C3N)cc1C. The fourth-order valence-electron chi connectivity index (χ4n) is 4.34. The summed E-state index contributed by atoms with van der Waals surface area (Å²) in [6, 6.07) is 5.50. The molecule has 26 heavy (non-hydrogen) atoms. The van der Waals surface area contributed by atoms with Crippen LogP contribution in [-0.4, -0.2) is 26.1 Å². The molecule has 2 aliphatic rings. The van der Waals surface area contributed by atoms with E-state index in [-0.39, 0.29) is 23.6 Å². The Balaban J connectivity index is 1.65. The largest absolute Gasteiger partial charge is 0.327 e. The maximum absolute atomic E-state index is 12.7. The van der Waals surface area contributed by atoms with E-state index in [1.54, 1.807) is 25.1 Å². The molecule has 2 saturated carbocycles. The summed E-state index contributed by atoms with van der Waals surface area (Å²) in [6.45, 7) is 3.42. The van der Waals surface area contributed by atoms with Gasteiger partial charge in [-0.1, -0.05) is 6.42 Å². The van der Waals surface area contributed by atoms with Gasteiger partial charge in [-0.25, -0.2) is 8.42 Å². The number of nitrogens with one attached hydrogen (secondary N) is 2. The quantitative estimate of drug-likeness (QED) is 0.732. The minimum atomic E-state index is -3.31. The van der Waals surface area contributed by atoms with Crippen LogP contribution in [0.25, 0.3) is 0 Å². The van der Waals surface area contributed by atoms with E-state index in [4.69, 9.17) is 5.73 Å². The molecule has 0 aliphatic heterocycles. The van der Waals surface area contributed by atoms with Crippen molar-refractivity contribution in [1.29, 1.82) is 0 Å². The number of anilines is 2. The number of amides is 1. The van der Waals surface area contributed by atoms with Crippen LogP contribution >= 0.6 is 0 Å². The molecule has 144 valence electrons. The molecule has 2 fully saturated rings. The normalized spacial score (nSPS) is 28.4. The monoisotopic (exact) mass is 379 g/mol. The highest BCUT2D eigenvalue weighted by atomic mass is 32.2. The van der Waals surface area contributed by atoms with Gasteiger partial charge in [0.15, 0.2) is 0 Å². The van der Waals surface area contributed by atoms with Crippen molar-refractivity contribution in [2.24, 2.45) is 23.5 Å². The van der Waals surface area contributed by atoms with Crippen molar-refractivity contribution < 1.29 is 13.2 Å². The second-order valence-electron chi connectivity index (χ2n) is 7.72. The van der Waals surface area contributed by atoms with Crippen LogP contribution in [0, 0.1) is 24.7 Å². The first-order chi connectivity index (χ1) is 12.3. The number of carbonyl (C=O) groups excluding carboxylic acids is 1. The van der Waals surface area contributed by atoms with Crippen LogP contribution < -0.4 is 15.8 Å². The average molecular weight is 380 g/mol. The van der Waals surface area contributed by atoms with Crippen molar-refractivity contribution >= 4 is 27.3 Å². The zero-order valence-electron chi connectivity index (χ0n) is 15.5. The molecule has 2 atom stereocenters. The molecular formula is C19H29N3O3S. The molecule has 1 amide bonds. The molecule has 0 spiro atoms. The molecule has 4 N–H and O–H groups in total. The second-order valence-corrected chi connectivity index (χ2v) is 9.73. The van der Waals surface area contributed by atoms with E-state index in [0.717, 1.165) is 31.2 Å². The van der Waals surface area contributed by atoms with Gasteiger partial charge in [0, 0.05) is 17.6 Å². The van der Waals surface area contributed by atoms with Crippen LogP contribution in [0.15, 0.2) is 18.2 Å². The summed E-state index contributed by atoms with van der Waals surface area (Å²) in [4.78, 5) is 12.7. The lowest BCUT2D eigenvalue weighted by Crippen LogP contribution is -2.48. The number of benzene rings is 1. The van der Waals surface area contributed by atoms with Crippen LogP contribution in [0.1, 0.15) is 44.6 Å². The highest BCUT2D eigenvalue weighted by Gasteiger charge is 2.40. The van der Waals surface area contributed by atoms with E-state index in [2.05, 4.69) is 10.0 Å². The maximum Gasteiger partial charge on any atom is 0.232 e. The lowest BCUT2D eigenvalue weighted by molar-refractivity contribution is -0.122. The van der Waals surface area contributed by atoms with Crippen LogP contribution in [0.3, 0.4) is 0 Å². The van der Waals surface area contributed by atoms with E-state index in [1.807, 2.05) is 6.92 Å². The van der Waals surface area contributed by atoms with Crippen LogP contribution in [-0.2, 0) is 14.8 Å². The number of aryl methyl sites for hydroxylation is 1. The van der Waals surface area contributed by atoms with Crippen molar-refractivity contribution in [2.75, 3.05) is 15.8 Å². The highest BCUT2D eigenvalue weighted by molar-refractivity contribution is 7.92. The fourth-order valence-corrected chi connectivity index (χ4v) is 5.05. The first-order valence-corrected chi connectivity index (χ1v) is 11.1. The third-order valence-corrected chi connectivity index (χ3v) is 7.21. The van der Waals surface area contributed by atoms with Crippen molar-refractivity contribution in [3.05, 3.63) is 23.8 Å². The Bertz CT molecular complexity index is 764. The number of fused-ring (bicyclic) bond motifs is 2.